The first-order valence-corrected chi connectivity index (χ1v) is 8.68. The summed E-state index contributed by atoms with van der Waals surface area (Å²) < 4.78 is 46.7. The van der Waals surface area contributed by atoms with Crippen LogP contribution in [0.25, 0.3) is 11.3 Å². The number of methoxy groups -OCH3 is 1. The van der Waals surface area contributed by atoms with Gasteiger partial charge in [0, 0.05) is 5.02 Å². The van der Waals surface area contributed by atoms with Crippen LogP contribution in [0.5, 0.6) is 0 Å². The average Bonchev–Trinajstić information content (AvgIpc) is 3.10. The molecular formula is C17H11BrClF3N2O2. The van der Waals surface area contributed by atoms with Crippen LogP contribution in [0.1, 0.15) is 17.7 Å². The molecule has 1 aromatic heterocycles. The third kappa shape index (κ3) is 2.79. The van der Waals surface area contributed by atoms with Gasteiger partial charge < -0.3 is 9.30 Å². The highest BCUT2D eigenvalue weighted by Crippen LogP contribution is 2.55. The molecule has 2 unspecified atom stereocenters. The molecule has 1 heterocycles. The fourth-order valence-corrected chi connectivity index (χ4v) is 4.05. The lowest BCUT2D eigenvalue weighted by Crippen LogP contribution is -2.35. The Hall–Kier alpha value is -1.98. The maximum Gasteiger partial charge on any atom is 0.431 e. The lowest BCUT2D eigenvalue weighted by atomic mass is 10.1. The summed E-state index contributed by atoms with van der Waals surface area (Å²) in [5, 5.41) is 9.80. The van der Waals surface area contributed by atoms with Crippen molar-refractivity contribution in [1.82, 2.24) is 4.57 Å². The van der Waals surface area contributed by atoms with Crippen molar-refractivity contribution in [3.63, 3.8) is 0 Å². The monoisotopic (exact) mass is 446 g/mol. The number of nitriles is 1. The van der Waals surface area contributed by atoms with Crippen molar-refractivity contribution in [3.05, 3.63) is 46.6 Å². The van der Waals surface area contributed by atoms with Crippen molar-refractivity contribution in [1.29, 1.82) is 5.26 Å². The van der Waals surface area contributed by atoms with Crippen LogP contribution in [-0.2, 0) is 21.2 Å². The van der Waals surface area contributed by atoms with Gasteiger partial charge in [0.25, 0.3) is 0 Å². The summed E-state index contributed by atoms with van der Waals surface area (Å²) in [6.07, 6.45) is -4.64. The van der Waals surface area contributed by atoms with Crippen molar-refractivity contribution in [2.75, 3.05) is 7.11 Å². The van der Waals surface area contributed by atoms with E-state index >= 15 is 0 Å². The van der Waals surface area contributed by atoms with E-state index < -0.39 is 28.2 Å². The Morgan fingerprint density at radius 3 is 2.42 bits per heavy atom. The van der Waals surface area contributed by atoms with E-state index in [1.165, 1.54) is 24.3 Å². The number of alkyl halides is 4. The van der Waals surface area contributed by atoms with Crippen molar-refractivity contribution in [2.45, 2.75) is 23.0 Å². The number of carbonyl (C=O) groups is 1. The number of carbonyl (C=O) groups excluding carboxylic acids is 1. The molecule has 3 rings (SSSR count). The largest absolute Gasteiger partial charge is 0.467 e. The van der Waals surface area contributed by atoms with Gasteiger partial charge in [0.1, 0.15) is 11.8 Å². The second kappa shape index (κ2) is 6.32. The first kappa shape index (κ1) is 18.8. The van der Waals surface area contributed by atoms with E-state index in [-0.39, 0.29) is 17.7 Å². The average molecular weight is 448 g/mol. The molecule has 1 fully saturated rings. The molecule has 0 saturated heterocycles. The zero-order valence-electron chi connectivity index (χ0n) is 13.3. The molecule has 0 N–H and O–H groups in total. The molecule has 4 nitrogen and oxygen atoms in total. The number of halogens is 5. The quantitative estimate of drug-likeness (QED) is 0.505. The minimum absolute atomic E-state index is 0.00356. The van der Waals surface area contributed by atoms with Gasteiger partial charge in [-0.2, -0.15) is 18.4 Å². The van der Waals surface area contributed by atoms with Crippen molar-refractivity contribution >= 4 is 33.5 Å². The Bertz CT molecular complexity index is 918. The van der Waals surface area contributed by atoms with Crippen molar-refractivity contribution in [2.24, 2.45) is 0 Å². The SMILES string of the molecule is COC(=O)C1(n2c(C(F)(F)F)cc(C#N)c2-c2ccc(Cl)cc2)CC1Br. The first-order valence-electron chi connectivity index (χ1n) is 7.38. The van der Waals surface area contributed by atoms with Gasteiger partial charge in [0.15, 0.2) is 5.54 Å². The standard InChI is InChI=1S/C17H11BrClF3N2O2/c1-26-15(25)16(7-12(16)18)24-13(17(20,21)22)6-10(8-23)14(24)9-2-4-11(19)5-3-9/h2-6,12H,7H2,1H3. The van der Waals surface area contributed by atoms with E-state index in [2.05, 4.69) is 15.9 Å². The minimum Gasteiger partial charge on any atom is -0.467 e. The van der Waals surface area contributed by atoms with Crippen LogP contribution in [-0.4, -0.2) is 22.5 Å². The Balaban J connectivity index is 2.37. The maximum atomic E-state index is 13.7. The molecule has 136 valence electrons. The maximum absolute atomic E-state index is 13.7. The van der Waals surface area contributed by atoms with Crippen LogP contribution in [0.2, 0.25) is 5.02 Å². The third-order valence-electron chi connectivity index (χ3n) is 4.32. The van der Waals surface area contributed by atoms with Gasteiger partial charge in [0.05, 0.1) is 23.2 Å². The van der Waals surface area contributed by atoms with Crippen LogP contribution >= 0.6 is 27.5 Å². The smallest absolute Gasteiger partial charge is 0.431 e. The topological polar surface area (TPSA) is 55.0 Å². The normalized spacial score (nSPS) is 22.0. The number of ether oxygens (including phenoxy) is 1. The fourth-order valence-electron chi connectivity index (χ4n) is 3.04. The number of benzene rings is 1. The predicted molar refractivity (Wildman–Crippen MR) is 91.9 cm³/mol. The highest BCUT2D eigenvalue weighted by molar-refractivity contribution is 9.09. The summed E-state index contributed by atoms with van der Waals surface area (Å²) in [7, 11) is 1.12. The van der Waals surface area contributed by atoms with E-state index in [0.717, 1.165) is 17.7 Å². The van der Waals surface area contributed by atoms with E-state index in [0.29, 0.717) is 10.6 Å². The Kier molecular flexibility index (Phi) is 4.57. The number of hydrogen-bond acceptors (Lipinski definition) is 3. The number of esters is 1. The zero-order chi connectivity index (χ0) is 19.3. The lowest BCUT2D eigenvalue weighted by molar-refractivity contribution is -0.151. The molecule has 1 aliphatic carbocycles. The second-order valence-corrected chi connectivity index (χ2v) is 7.37. The molecule has 0 radical (unpaired) electrons. The van der Waals surface area contributed by atoms with Crippen LogP contribution in [0.3, 0.4) is 0 Å². The van der Waals surface area contributed by atoms with Gasteiger partial charge in [-0.15, -0.1) is 0 Å². The fraction of sp³-hybridized carbons (Fsp3) is 0.294. The van der Waals surface area contributed by atoms with E-state index in [9.17, 15) is 23.2 Å². The van der Waals surface area contributed by atoms with Gasteiger partial charge in [0.2, 0.25) is 0 Å². The van der Waals surface area contributed by atoms with Gasteiger partial charge in [-0.25, -0.2) is 4.79 Å². The van der Waals surface area contributed by atoms with Gasteiger partial charge in [-0.1, -0.05) is 39.7 Å². The van der Waals surface area contributed by atoms with E-state index in [4.69, 9.17) is 16.3 Å². The second-order valence-electron chi connectivity index (χ2n) is 5.83. The van der Waals surface area contributed by atoms with Crippen molar-refractivity contribution in [3.8, 4) is 17.3 Å². The Morgan fingerprint density at radius 2 is 2.00 bits per heavy atom. The highest BCUT2D eigenvalue weighted by Gasteiger charge is 2.64. The number of nitrogens with zero attached hydrogens (tertiary/aromatic N) is 2. The Morgan fingerprint density at radius 1 is 1.42 bits per heavy atom. The molecule has 1 saturated carbocycles. The van der Waals surface area contributed by atoms with Gasteiger partial charge in [-0.05, 0) is 30.2 Å². The Labute approximate surface area is 160 Å². The molecule has 0 amide bonds. The van der Waals surface area contributed by atoms with Gasteiger partial charge >= 0.3 is 12.1 Å². The lowest BCUT2D eigenvalue weighted by Gasteiger charge is -2.23. The molecular weight excluding hydrogens is 437 g/mol. The van der Waals surface area contributed by atoms with Crippen LogP contribution < -0.4 is 0 Å². The predicted octanol–water partition coefficient (Wildman–Crippen LogP) is 4.73. The molecule has 0 aliphatic heterocycles. The summed E-state index contributed by atoms with van der Waals surface area (Å²) in [6, 6.07) is 8.57. The summed E-state index contributed by atoms with van der Waals surface area (Å²) in [5.41, 5.74) is -2.48. The molecule has 2 atom stereocenters. The number of aromatic nitrogens is 1. The first-order chi connectivity index (χ1) is 12.2. The van der Waals surface area contributed by atoms with E-state index in [1.807, 2.05) is 0 Å². The van der Waals surface area contributed by atoms with Crippen LogP contribution in [0, 0.1) is 11.3 Å². The molecule has 0 spiro atoms. The molecule has 0 bridgehead atoms. The molecule has 2 aromatic rings. The third-order valence-corrected chi connectivity index (χ3v) is 5.65. The minimum atomic E-state index is -4.76. The number of hydrogen-bond donors (Lipinski definition) is 0. The van der Waals surface area contributed by atoms with Crippen LogP contribution in [0.15, 0.2) is 30.3 Å². The van der Waals surface area contributed by atoms with Crippen molar-refractivity contribution < 1.29 is 22.7 Å². The van der Waals surface area contributed by atoms with Gasteiger partial charge in [-0.3, -0.25) is 0 Å². The number of rotatable bonds is 3. The summed E-state index contributed by atoms with van der Waals surface area (Å²) >= 11 is 9.10. The zero-order valence-corrected chi connectivity index (χ0v) is 15.6. The van der Waals surface area contributed by atoms with E-state index in [1.54, 1.807) is 6.07 Å². The summed E-state index contributed by atoms with van der Waals surface area (Å²) in [4.78, 5) is 11.8. The summed E-state index contributed by atoms with van der Waals surface area (Å²) in [6.45, 7) is 0. The molecule has 9 heteroatoms. The molecule has 1 aromatic carbocycles. The highest BCUT2D eigenvalue weighted by atomic mass is 79.9. The molecule has 26 heavy (non-hydrogen) atoms. The summed E-state index contributed by atoms with van der Waals surface area (Å²) in [5.74, 6) is -0.805. The molecule has 1 aliphatic rings. The van der Waals surface area contributed by atoms with Crippen LogP contribution in [0.4, 0.5) is 13.2 Å².